The molecule has 0 aromatic heterocycles. The summed E-state index contributed by atoms with van der Waals surface area (Å²) >= 11 is 0. The van der Waals surface area contributed by atoms with Crippen molar-refractivity contribution < 1.29 is 14.5 Å². The molecule has 2 aromatic rings. The van der Waals surface area contributed by atoms with Crippen molar-refractivity contribution >= 4 is 17.5 Å². The van der Waals surface area contributed by atoms with Crippen LogP contribution in [0.25, 0.3) is 0 Å². The SMILES string of the molecule is Cc1cccc(C(=O)N[C@H](C(=O)N2CCCC2)c2ccccc2)c1[N+](=O)[O-]. The Morgan fingerprint density at radius 2 is 1.74 bits per heavy atom. The van der Waals surface area contributed by atoms with Gasteiger partial charge in [-0.1, -0.05) is 42.5 Å². The van der Waals surface area contributed by atoms with Gasteiger partial charge < -0.3 is 10.2 Å². The molecule has 0 radical (unpaired) electrons. The maximum atomic E-state index is 13.0. The number of nitro groups is 1. The summed E-state index contributed by atoms with van der Waals surface area (Å²) in [5, 5.41) is 14.1. The highest BCUT2D eigenvalue weighted by Crippen LogP contribution is 2.25. The number of benzene rings is 2. The summed E-state index contributed by atoms with van der Waals surface area (Å²) in [4.78, 5) is 38.4. The molecule has 1 aliphatic rings. The Kier molecular flexibility index (Phi) is 5.49. The van der Waals surface area contributed by atoms with Crippen LogP contribution in [0.2, 0.25) is 0 Å². The molecule has 1 atom stereocenters. The molecule has 0 bridgehead atoms. The van der Waals surface area contributed by atoms with Crippen molar-refractivity contribution in [2.75, 3.05) is 13.1 Å². The Labute approximate surface area is 157 Å². The zero-order valence-corrected chi connectivity index (χ0v) is 15.1. The maximum absolute atomic E-state index is 13.0. The molecule has 2 amide bonds. The number of nitro benzene ring substituents is 1. The van der Waals surface area contributed by atoms with E-state index in [-0.39, 0.29) is 17.2 Å². The van der Waals surface area contributed by atoms with Gasteiger partial charge in [0.2, 0.25) is 5.91 Å². The van der Waals surface area contributed by atoms with Gasteiger partial charge in [-0.15, -0.1) is 0 Å². The number of carbonyl (C=O) groups is 2. The molecule has 140 valence electrons. The Morgan fingerprint density at radius 3 is 2.37 bits per heavy atom. The molecule has 0 saturated carbocycles. The van der Waals surface area contributed by atoms with Crippen LogP contribution in [0.5, 0.6) is 0 Å². The Balaban J connectivity index is 1.93. The molecule has 1 N–H and O–H groups in total. The first-order valence-electron chi connectivity index (χ1n) is 8.87. The molecule has 2 aromatic carbocycles. The summed E-state index contributed by atoms with van der Waals surface area (Å²) in [6.07, 6.45) is 1.87. The summed E-state index contributed by atoms with van der Waals surface area (Å²) < 4.78 is 0. The van der Waals surface area contributed by atoms with E-state index in [1.165, 1.54) is 6.07 Å². The molecule has 3 rings (SSSR count). The Bertz CT molecular complexity index is 861. The Hall–Kier alpha value is -3.22. The van der Waals surface area contributed by atoms with E-state index < -0.39 is 16.9 Å². The van der Waals surface area contributed by atoms with Crippen LogP contribution in [0.15, 0.2) is 48.5 Å². The van der Waals surface area contributed by atoms with Gasteiger partial charge in [-0.25, -0.2) is 0 Å². The summed E-state index contributed by atoms with van der Waals surface area (Å²) in [5.74, 6) is -0.825. The molecular formula is C20H21N3O4. The second-order valence-corrected chi connectivity index (χ2v) is 6.58. The van der Waals surface area contributed by atoms with Crippen molar-refractivity contribution in [1.29, 1.82) is 0 Å². The highest BCUT2D eigenvalue weighted by Gasteiger charge is 2.31. The Morgan fingerprint density at radius 1 is 1.07 bits per heavy atom. The third-order valence-electron chi connectivity index (χ3n) is 4.74. The van der Waals surface area contributed by atoms with Crippen LogP contribution >= 0.6 is 0 Å². The van der Waals surface area contributed by atoms with Gasteiger partial charge in [-0.2, -0.15) is 0 Å². The first kappa shape index (κ1) is 18.6. The lowest BCUT2D eigenvalue weighted by Gasteiger charge is -2.24. The predicted octanol–water partition coefficient (Wildman–Crippen LogP) is 3.00. The van der Waals surface area contributed by atoms with Crippen molar-refractivity contribution in [2.24, 2.45) is 0 Å². The number of hydrogen-bond donors (Lipinski definition) is 1. The number of aryl methyl sites for hydroxylation is 1. The van der Waals surface area contributed by atoms with E-state index in [0.29, 0.717) is 24.2 Å². The standard InChI is InChI=1S/C20H21N3O4/c1-14-8-7-11-16(18(14)23(26)27)19(24)21-17(15-9-3-2-4-10-15)20(25)22-12-5-6-13-22/h2-4,7-11,17H,5-6,12-13H2,1H3,(H,21,24)/t17-/m0/s1. The van der Waals surface area contributed by atoms with Crippen molar-refractivity contribution in [2.45, 2.75) is 25.8 Å². The number of carbonyl (C=O) groups excluding carboxylic acids is 2. The third-order valence-corrected chi connectivity index (χ3v) is 4.74. The molecule has 1 aliphatic heterocycles. The highest BCUT2D eigenvalue weighted by molar-refractivity contribution is 6.01. The largest absolute Gasteiger partial charge is 0.341 e. The summed E-state index contributed by atoms with van der Waals surface area (Å²) in [6.45, 7) is 2.89. The molecule has 7 nitrogen and oxygen atoms in total. The van der Waals surface area contributed by atoms with E-state index >= 15 is 0 Å². The number of rotatable bonds is 5. The molecular weight excluding hydrogens is 346 g/mol. The van der Waals surface area contributed by atoms with Crippen molar-refractivity contribution in [3.8, 4) is 0 Å². The summed E-state index contributed by atoms with van der Waals surface area (Å²) in [7, 11) is 0. The normalized spacial score (nSPS) is 14.6. The lowest BCUT2D eigenvalue weighted by molar-refractivity contribution is -0.385. The fraction of sp³-hybridized carbons (Fsp3) is 0.300. The second kappa shape index (κ2) is 7.99. The smallest absolute Gasteiger partial charge is 0.285 e. The molecule has 27 heavy (non-hydrogen) atoms. The first-order chi connectivity index (χ1) is 13.0. The van der Waals surface area contributed by atoms with Crippen LogP contribution in [-0.4, -0.2) is 34.7 Å². The van der Waals surface area contributed by atoms with E-state index in [9.17, 15) is 19.7 Å². The van der Waals surface area contributed by atoms with Gasteiger partial charge in [0.25, 0.3) is 11.6 Å². The van der Waals surface area contributed by atoms with Gasteiger partial charge in [0, 0.05) is 18.7 Å². The highest BCUT2D eigenvalue weighted by atomic mass is 16.6. The minimum atomic E-state index is -0.878. The molecule has 0 aliphatic carbocycles. The minimum Gasteiger partial charge on any atom is -0.341 e. The van der Waals surface area contributed by atoms with Crippen LogP contribution in [0, 0.1) is 17.0 Å². The van der Waals surface area contributed by atoms with E-state index in [2.05, 4.69) is 5.32 Å². The third kappa shape index (κ3) is 3.97. The van der Waals surface area contributed by atoms with Crippen LogP contribution < -0.4 is 5.32 Å². The van der Waals surface area contributed by atoms with Crippen LogP contribution in [-0.2, 0) is 4.79 Å². The molecule has 1 fully saturated rings. The number of amides is 2. The lowest BCUT2D eigenvalue weighted by atomic mass is 10.0. The quantitative estimate of drug-likeness (QED) is 0.649. The number of nitrogens with one attached hydrogen (secondary N) is 1. The van der Waals surface area contributed by atoms with Gasteiger partial charge in [0.15, 0.2) is 0 Å². The van der Waals surface area contributed by atoms with Crippen molar-refractivity contribution in [3.05, 3.63) is 75.3 Å². The first-order valence-corrected chi connectivity index (χ1v) is 8.87. The number of hydrogen-bond acceptors (Lipinski definition) is 4. The minimum absolute atomic E-state index is 0.0462. The topological polar surface area (TPSA) is 92.6 Å². The van der Waals surface area contributed by atoms with E-state index in [0.717, 1.165) is 12.8 Å². The number of nitrogens with zero attached hydrogens (tertiary/aromatic N) is 2. The van der Waals surface area contributed by atoms with Crippen molar-refractivity contribution in [3.63, 3.8) is 0 Å². The lowest BCUT2D eigenvalue weighted by Crippen LogP contribution is -2.42. The van der Waals surface area contributed by atoms with Crippen LogP contribution in [0.1, 0.15) is 40.4 Å². The van der Waals surface area contributed by atoms with E-state index in [4.69, 9.17) is 0 Å². The van der Waals surface area contributed by atoms with Crippen molar-refractivity contribution in [1.82, 2.24) is 10.2 Å². The average molecular weight is 367 g/mol. The molecule has 1 saturated heterocycles. The molecule has 0 unspecified atom stereocenters. The van der Waals surface area contributed by atoms with Crippen LogP contribution in [0.4, 0.5) is 5.69 Å². The molecule has 1 heterocycles. The monoisotopic (exact) mass is 367 g/mol. The van der Waals surface area contributed by atoms with Gasteiger partial charge in [0.1, 0.15) is 11.6 Å². The fourth-order valence-corrected chi connectivity index (χ4v) is 3.35. The molecule has 0 spiro atoms. The number of likely N-dealkylation sites (tertiary alicyclic amines) is 1. The summed E-state index contributed by atoms with van der Waals surface area (Å²) in [6, 6.07) is 12.7. The van der Waals surface area contributed by atoms with Gasteiger partial charge in [-0.05, 0) is 31.4 Å². The van der Waals surface area contributed by atoms with E-state index in [1.807, 2.05) is 6.07 Å². The van der Waals surface area contributed by atoms with Crippen LogP contribution in [0.3, 0.4) is 0 Å². The van der Waals surface area contributed by atoms with Gasteiger partial charge in [-0.3, -0.25) is 19.7 Å². The fourth-order valence-electron chi connectivity index (χ4n) is 3.35. The van der Waals surface area contributed by atoms with Gasteiger partial charge >= 0.3 is 0 Å². The molecule has 7 heteroatoms. The summed E-state index contributed by atoms with van der Waals surface area (Å²) in [5.41, 5.74) is 0.762. The predicted molar refractivity (Wildman–Crippen MR) is 100 cm³/mol. The van der Waals surface area contributed by atoms with Gasteiger partial charge in [0.05, 0.1) is 4.92 Å². The average Bonchev–Trinajstić information content (AvgIpc) is 3.20. The zero-order chi connectivity index (χ0) is 19.4. The maximum Gasteiger partial charge on any atom is 0.285 e. The second-order valence-electron chi connectivity index (χ2n) is 6.58. The zero-order valence-electron chi connectivity index (χ0n) is 15.1. The number of para-hydroxylation sites is 1. The van der Waals surface area contributed by atoms with E-state index in [1.54, 1.807) is 48.2 Å².